The Bertz CT molecular complexity index is 1870. The molecule has 0 aliphatic carbocycles. The molecule has 0 radical (unpaired) electrons. The number of benzene rings is 2. The summed E-state index contributed by atoms with van der Waals surface area (Å²) in [6.45, 7) is 25.2. The fourth-order valence-electron chi connectivity index (χ4n) is 7.41. The normalized spacial score (nSPS) is 17.0. The van der Waals surface area contributed by atoms with Crippen LogP contribution in [0.3, 0.4) is 0 Å². The molecule has 67 heavy (non-hydrogen) atoms. The molecule has 0 aromatic heterocycles. The summed E-state index contributed by atoms with van der Waals surface area (Å²) in [4.78, 5) is 74.1. The van der Waals surface area contributed by atoms with Gasteiger partial charge in [-0.05, 0) is 125 Å². The van der Waals surface area contributed by atoms with Crippen molar-refractivity contribution in [3.05, 3.63) is 77.4 Å². The third-order valence-corrected chi connectivity index (χ3v) is 10.2. The van der Waals surface area contributed by atoms with Crippen LogP contribution in [0.15, 0.2) is 60.7 Å². The zero-order valence-corrected chi connectivity index (χ0v) is 42.8. The Morgan fingerprint density at radius 2 is 0.970 bits per heavy atom. The van der Waals surface area contributed by atoms with Gasteiger partial charge in [0, 0.05) is 58.3 Å². The quantitative estimate of drug-likeness (QED) is 0.0827. The van der Waals surface area contributed by atoms with Crippen molar-refractivity contribution in [1.29, 1.82) is 0 Å². The fourth-order valence-corrected chi connectivity index (χ4v) is 7.41. The molecule has 2 aromatic rings. The molecule has 2 aromatic carbocycles. The molecule has 374 valence electrons. The van der Waals surface area contributed by atoms with Gasteiger partial charge in [-0.2, -0.15) is 0 Å². The van der Waals surface area contributed by atoms with Gasteiger partial charge in [-0.3, -0.25) is 43.6 Å². The molecular formula is C53H82N4O10. The van der Waals surface area contributed by atoms with Crippen molar-refractivity contribution in [3.63, 3.8) is 0 Å². The standard InChI is InChI=1S/C53H82N4O10/c1-50(2,3)64-46(59)36-54-28-29-55(37-47(60)65-51(4,5)6)32-33-57(39-49(62)67-53(10,11)12)44(35-56(31-30-54)38-48(61)66-52(7,8)9)34-42-26-24-41(25-27-42)20-16-13-14-19-23-45(58)63-40-43-21-17-15-18-22-43/h15-18,20-22,24-27,44H,13-14,19,23,28-40H2,1-12H3. The summed E-state index contributed by atoms with van der Waals surface area (Å²) >= 11 is 0. The van der Waals surface area contributed by atoms with Crippen LogP contribution < -0.4 is 0 Å². The molecule has 1 aliphatic heterocycles. The van der Waals surface area contributed by atoms with Crippen molar-refractivity contribution in [2.75, 3.05) is 72.0 Å². The lowest BCUT2D eigenvalue weighted by Crippen LogP contribution is -2.54. The lowest BCUT2D eigenvalue weighted by Gasteiger charge is -2.39. The number of hydrogen-bond acceptors (Lipinski definition) is 14. The van der Waals surface area contributed by atoms with Gasteiger partial charge in [-0.15, -0.1) is 0 Å². The number of rotatable bonds is 18. The van der Waals surface area contributed by atoms with E-state index in [0.717, 1.165) is 36.0 Å². The first-order valence-electron chi connectivity index (χ1n) is 23.9. The molecule has 0 saturated carbocycles. The maximum absolute atomic E-state index is 13.7. The minimum absolute atomic E-state index is 0.00228. The van der Waals surface area contributed by atoms with Crippen molar-refractivity contribution < 1.29 is 47.7 Å². The summed E-state index contributed by atoms with van der Waals surface area (Å²) in [5.41, 5.74) is 0.285. The third-order valence-electron chi connectivity index (χ3n) is 10.2. The average molecular weight is 935 g/mol. The second-order valence-electron chi connectivity index (χ2n) is 21.5. The summed E-state index contributed by atoms with van der Waals surface area (Å²) in [7, 11) is 0. The number of nitrogens with zero attached hydrogens (tertiary/aromatic N) is 4. The van der Waals surface area contributed by atoms with Gasteiger partial charge in [-0.25, -0.2) is 0 Å². The van der Waals surface area contributed by atoms with E-state index < -0.39 is 22.4 Å². The number of carbonyl (C=O) groups is 5. The topological polar surface area (TPSA) is 144 Å². The van der Waals surface area contributed by atoms with E-state index in [2.05, 4.69) is 41.3 Å². The van der Waals surface area contributed by atoms with Crippen molar-refractivity contribution >= 4 is 35.9 Å². The number of unbranched alkanes of at least 4 members (excludes halogenated alkanes) is 2. The molecule has 14 heteroatoms. The molecule has 3 rings (SSSR count). The van der Waals surface area contributed by atoms with Crippen LogP contribution in [-0.4, -0.2) is 150 Å². The van der Waals surface area contributed by atoms with Gasteiger partial charge in [-0.1, -0.05) is 66.7 Å². The molecule has 0 bridgehead atoms. The Balaban J connectivity index is 1.90. The van der Waals surface area contributed by atoms with Crippen LogP contribution in [0.2, 0.25) is 0 Å². The van der Waals surface area contributed by atoms with E-state index in [9.17, 15) is 24.0 Å². The Hall–Kier alpha value is -4.63. The molecule has 0 spiro atoms. The lowest BCUT2D eigenvalue weighted by atomic mass is 10.0. The van der Waals surface area contributed by atoms with Gasteiger partial charge in [0.15, 0.2) is 0 Å². The maximum Gasteiger partial charge on any atom is 0.320 e. The van der Waals surface area contributed by atoms with Crippen LogP contribution in [0.25, 0.3) is 6.08 Å². The third kappa shape index (κ3) is 26.5. The van der Waals surface area contributed by atoms with E-state index in [1.807, 2.05) is 128 Å². The predicted molar refractivity (Wildman–Crippen MR) is 262 cm³/mol. The SMILES string of the molecule is CC(C)(C)OC(=O)CN1CCN(CC(=O)OC(C)(C)C)CCN(CC(=O)OC(C)(C)C)C(Cc2ccc(C=CCCCCC(=O)OCc3ccccc3)cc2)CN(CC(=O)OC(C)(C)C)CC1. The van der Waals surface area contributed by atoms with E-state index in [1.54, 1.807) is 0 Å². The summed E-state index contributed by atoms with van der Waals surface area (Å²) in [5, 5.41) is 0. The van der Waals surface area contributed by atoms with Gasteiger partial charge >= 0.3 is 29.8 Å². The number of hydrogen-bond donors (Lipinski definition) is 0. The van der Waals surface area contributed by atoms with Crippen molar-refractivity contribution in [3.8, 4) is 0 Å². The summed E-state index contributed by atoms with van der Waals surface area (Å²) in [6.07, 6.45) is 7.52. The van der Waals surface area contributed by atoms with Crippen LogP contribution in [0.4, 0.5) is 0 Å². The molecule has 0 amide bonds. The first kappa shape index (κ1) is 56.7. The first-order valence-corrected chi connectivity index (χ1v) is 23.9. The Labute approximate surface area is 401 Å². The number of allylic oxidation sites excluding steroid dienone is 1. The van der Waals surface area contributed by atoms with Crippen LogP contribution in [0, 0.1) is 0 Å². The van der Waals surface area contributed by atoms with Gasteiger partial charge in [0.1, 0.15) is 29.0 Å². The minimum atomic E-state index is -0.708. The number of carbonyl (C=O) groups excluding carboxylic acids is 5. The first-order chi connectivity index (χ1) is 31.2. The highest BCUT2D eigenvalue weighted by Crippen LogP contribution is 2.19. The van der Waals surface area contributed by atoms with Gasteiger partial charge in [0.25, 0.3) is 0 Å². The average Bonchev–Trinajstić information content (AvgIpc) is 3.18. The van der Waals surface area contributed by atoms with Crippen LogP contribution in [0.1, 0.15) is 125 Å². The smallest absolute Gasteiger partial charge is 0.320 e. The molecule has 1 unspecified atom stereocenters. The van der Waals surface area contributed by atoms with Crippen molar-refractivity contribution in [2.24, 2.45) is 0 Å². The molecule has 14 nitrogen and oxygen atoms in total. The molecule has 1 atom stereocenters. The largest absolute Gasteiger partial charge is 0.461 e. The van der Waals surface area contributed by atoms with E-state index in [1.165, 1.54) is 0 Å². The highest BCUT2D eigenvalue weighted by atomic mass is 16.6. The van der Waals surface area contributed by atoms with Crippen molar-refractivity contribution in [1.82, 2.24) is 19.6 Å². The van der Waals surface area contributed by atoms with Gasteiger partial charge in [0.05, 0.1) is 26.2 Å². The second-order valence-corrected chi connectivity index (χ2v) is 21.5. The predicted octanol–water partition coefficient (Wildman–Crippen LogP) is 7.50. The fraction of sp³-hybridized carbons (Fsp3) is 0.642. The lowest BCUT2D eigenvalue weighted by molar-refractivity contribution is -0.160. The van der Waals surface area contributed by atoms with Gasteiger partial charge in [0.2, 0.25) is 0 Å². The minimum Gasteiger partial charge on any atom is -0.461 e. The van der Waals surface area contributed by atoms with Crippen LogP contribution >= 0.6 is 0 Å². The molecule has 1 heterocycles. The monoisotopic (exact) mass is 935 g/mol. The maximum atomic E-state index is 13.7. The highest BCUT2D eigenvalue weighted by molar-refractivity contribution is 5.73. The van der Waals surface area contributed by atoms with E-state index in [0.29, 0.717) is 58.7 Å². The summed E-state index contributed by atoms with van der Waals surface area (Å²) in [5.74, 6) is -1.69. The molecule has 0 N–H and O–H groups in total. The van der Waals surface area contributed by atoms with E-state index in [-0.39, 0.29) is 68.7 Å². The highest BCUT2D eigenvalue weighted by Gasteiger charge is 2.31. The molecule has 1 aliphatic rings. The molecule has 1 saturated heterocycles. The van der Waals surface area contributed by atoms with E-state index >= 15 is 0 Å². The van der Waals surface area contributed by atoms with E-state index in [4.69, 9.17) is 23.7 Å². The Kier molecular flexibility index (Phi) is 22.7. The second kappa shape index (κ2) is 26.8. The van der Waals surface area contributed by atoms with Crippen LogP contribution in [-0.2, 0) is 60.7 Å². The van der Waals surface area contributed by atoms with Crippen LogP contribution in [0.5, 0.6) is 0 Å². The van der Waals surface area contributed by atoms with Gasteiger partial charge < -0.3 is 23.7 Å². The Morgan fingerprint density at radius 3 is 1.46 bits per heavy atom. The summed E-state index contributed by atoms with van der Waals surface area (Å²) < 4.78 is 28.6. The summed E-state index contributed by atoms with van der Waals surface area (Å²) in [6, 6.07) is 17.7. The number of ether oxygens (including phenoxy) is 5. The number of esters is 5. The zero-order valence-electron chi connectivity index (χ0n) is 42.8. The molecular weight excluding hydrogens is 853 g/mol. The molecule has 1 fully saturated rings. The Morgan fingerprint density at radius 1 is 0.522 bits per heavy atom. The zero-order chi connectivity index (χ0) is 49.8. The van der Waals surface area contributed by atoms with Crippen molar-refractivity contribution in [2.45, 2.75) is 150 Å².